The summed E-state index contributed by atoms with van der Waals surface area (Å²) in [6.07, 6.45) is 3.51. The van der Waals surface area contributed by atoms with Gasteiger partial charge in [-0.2, -0.15) is 5.26 Å². The molecular weight excluding hydrogens is 150 g/mol. The standard InChI is InChI=1S/C9H13N3/c1-7(2)8(3)12-5-4-11-9(12)6-10/h4-5,7-8H,1-3H3. The number of aromatic nitrogens is 2. The van der Waals surface area contributed by atoms with Gasteiger partial charge in [0.05, 0.1) is 0 Å². The van der Waals surface area contributed by atoms with Gasteiger partial charge >= 0.3 is 0 Å². The van der Waals surface area contributed by atoms with Crippen molar-refractivity contribution < 1.29 is 0 Å². The van der Waals surface area contributed by atoms with Gasteiger partial charge in [0.1, 0.15) is 6.07 Å². The quantitative estimate of drug-likeness (QED) is 0.668. The minimum atomic E-state index is 0.335. The highest BCUT2D eigenvalue weighted by atomic mass is 15.1. The first kappa shape index (κ1) is 8.79. The molecule has 0 saturated carbocycles. The maximum absolute atomic E-state index is 8.70. The monoisotopic (exact) mass is 163 g/mol. The molecule has 0 aliphatic carbocycles. The maximum Gasteiger partial charge on any atom is 0.212 e. The zero-order chi connectivity index (χ0) is 9.14. The number of hydrogen-bond acceptors (Lipinski definition) is 2. The van der Waals surface area contributed by atoms with Crippen LogP contribution in [0.25, 0.3) is 0 Å². The van der Waals surface area contributed by atoms with E-state index in [1.807, 2.05) is 10.8 Å². The highest BCUT2D eigenvalue weighted by Gasteiger charge is 2.12. The van der Waals surface area contributed by atoms with E-state index in [9.17, 15) is 0 Å². The number of nitrogens with zero attached hydrogens (tertiary/aromatic N) is 3. The summed E-state index contributed by atoms with van der Waals surface area (Å²) in [5.41, 5.74) is 0. The van der Waals surface area contributed by atoms with E-state index in [1.165, 1.54) is 0 Å². The van der Waals surface area contributed by atoms with Gasteiger partial charge in [0.2, 0.25) is 5.82 Å². The molecule has 1 unspecified atom stereocenters. The highest BCUT2D eigenvalue weighted by Crippen LogP contribution is 2.17. The zero-order valence-electron chi connectivity index (χ0n) is 7.65. The van der Waals surface area contributed by atoms with Crippen LogP contribution in [0.1, 0.15) is 32.6 Å². The molecule has 0 aromatic carbocycles. The Bertz CT molecular complexity index is 293. The third-order valence-corrected chi connectivity index (χ3v) is 2.17. The molecule has 64 valence electrons. The Balaban J connectivity index is 2.95. The fourth-order valence-electron chi connectivity index (χ4n) is 1.05. The van der Waals surface area contributed by atoms with E-state index >= 15 is 0 Å². The third-order valence-electron chi connectivity index (χ3n) is 2.17. The van der Waals surface area contributed by atoms with Gasteiger partial charge in [-0.15, -0.1) is 0 Å². The lowest BCUT2D eigenvalue weighted by molar-refractivity contribution is 0.405. The average Bonchev–Trinajstić information content (AvgIpc) is 2.49. The van der Waals surface area contributed by atoms with E-state index in [1.54, 1.807) is 6.20 Å². The third kappa shape index (κ3) is 1.48. The first-order valence-electron chi connectivity index (χ1n) is 4.09. The van der Waals surface area contributed by atoms with Gasteiger partial charge < -0.3 is 4.57 Å². The maximum atomic E-state index is 8.70. The fourth-order valence-corrected chi connectivity index (χ4v) is 1.05. The molecule has 3 heteroatoms. The highest BCUT2D eigenvalue weighted by molar-refractivity contribution is 5.12. The molecule has 12 heavy (non-hydrogen) atoms. The number of rotatable bonds is 2. The molecule has 1 rings (SSSR count). The SMILES string of the molecule is CC(C)C(C)n1ccnc1C#N. The normalized spacial score (nSPS) is 12.9. The second kappa shape index (κ2) is 3.40. The molecule has 0 fully saturated rings. The van der Waals surface area contributed by atoms with Crippen LogP contribution in [0.4, 0.5) is 0 Å². The van der Waals surface area contributed by atoms with Crippen LogP contribution in [0.15, 0.2) is 12.4 Å². The molecule has 0 radical (unpaired) electrons. The van der Waals surface area contributed by atoms with Crippen LogP contribution in [0.5, 0.6) is 0 Å². The topological polar surface area (TPSA) is 41.6 Å². The molecule has 0 saturated heterocycles. The Kier molecular flexibility index (Phi) is 2.49. The van der Waals surface area contributed by atoms with Crippen LogP contribution in [-0.4, -0.2) is 9.55 Å². The summed E-state index contributed by atoms with van der Waals surface area (Å²) in [7, 11) is 0. The van der Waals surface area contributed by atoms with E-state index in [0.717, 1.165) is 0 Å². The molecule has 0 aliphatic rings. The minimum Gasteiger partial charge on any atom is -0.320 e. The molecule has 1 heterocycles. The molecule has 1 aromatic rings. The molecule has 1 atom stereocenters. The number of hydrogen-bond donors (Lipinski definition) is 0. The largest absolute Gasteiger partial charge is 0.320 e. The van der Waals surface area contributed by atoms with Crippen LogP contribution in [-0.2, 0) is 0 Å². The van der Waals surface area contributed by atoms with Crippen molar-refractivity contribution in [2.75, 3.05) is 0 Å². The van der Waals surface area contributed by atoms with Gasteiger partial charge in [-0.3, -0.25) is 0 Å². The lowest BCUT2D eigenvalue weighted by atomic mass is 10.1. The second-order valence-corrected chi connectivity index (χ2v) is 3.25. The van der Waals surface area contributed by atoms with E-state index in [0.29, 0.717) is 17.8 Å². The smallest absolute Gasteiger partial charge is 0.212 e. The van der Waals surface area contributed by atoms with E-state index in [4.69, 9.17) is 5.26 Å². The summed E-state index contributed by atoms with van der Waals surface area (Å²) in [6, 6.07) is 2.40. The van der Waals surface area contributed by atoms with Crippen molar-refractivity contribution in [2.45, 2.75) is 26.8 Å². The van der Waals surface area contributed by atoms with Crippen molar-refractivity contribution in [3.05, 3.63) is 18.2 Å². The predicted octanol–water partition coefficient (Wildman–Crippen LogP) is 1.97. The van der Waals surface area contributed by atoms with Crippen molar-refractivity contribution in [2.24, 2.45) is 5.92 Å². The van der Waals surface area contributed by atoms with Crippen molar-refractivity contribution >= 4 is 0 Å². The summed E-state index contributed by atoms with van der Waals surface area (Å²) in [6.45, 7) is 6.35. The Morgan fingerprint density at radius 3 is 2.67 bits per heavy atom. The summed E-state index contributed by atoms with van der Waals surface area (Å²) in [4.78, 5) is 3.94. The predicted molar refractivity (Wildman–Crippen MR) is 46.5 cm³/mol. The molecule has 0 spiro atoms. The van der Waals surface area contributed by atoms with Crippen molar-refractivity contribution in [3.63, 3.8) is 0 Å². The van der Waals surface area contributed by atoms with Crippen LogP contribution in [0, 0.1) is 17.2 Å². The molecular formula is C9H13N3. The van der Waals surface area contributed by atoms with Crippen LogP contribution < -0.4 is 0 Å². The van der Waals surface area contributed by atoms with Crippen LogP contribution in [0.3, 0.4) is 0 Å². The van der Waals surface area contributed by atoms with Gasteiger partial charge in [-0.1, -0.05) is 13.8 Å². The van der Waals surface area contributed by atoms with Crippen LogP contribution >= 0.6 is 0 Å². The Hall–Kier alpha value is -1.30. The fraction of sp³-hybridized carbons (Fsp3) is 0.556. The molecule has 0 aliphatic heterocycles. The van der Waals surface area contributed by atoms with Gasteiger partial charge in [0.15, 0.2) is 0 Å². The lowest BCUT2D eigenvalue weighted by Crippen LogP contribution is -2.12. The second-order valence-electron chi connectivity index (χ2n) is 3.25. The molecule has 3 nitrogen and oxygen atoms in total. The van der Waals surface area contributed by atoms with Gasteiger partial charge in [-0.05, 0) is 12.8 Å². The Labute approximate surface area is 72.7 Å². The molecule has 0 amide bonds. The van der Waals surface area contributed by atoms with Crippen LogP contribution in [0.2, 0.25) is 0 Å². The number of imidazole rings is 1. The lowest BCUT2D eigenvalue weighted by Gasteiger charge is -2.17. The van der Waals surface area contributed by atoms with Crippen molar-refractivity contribution in [1.29, 1.82) is 5.26 Å². The summed E-state index contributed by atoms with van der Waals surface area (Å²) < 4.78 is 1.91. The first-order valence-corrected chi connectivity index (χ1v) is 4.09. The number of nitriles is 1. The first-order chi connectivity index (χ1) is 5.66. The van der Waals surface area contributed by atoms with E-state index in [-0.39, 0.29) is 0 Å². The van der Waals surface area contributed by atoms with E-state index < -0.39 is 0 Å². The molecule has 0 bridgehead atoms. The summed E-state index contributed by atoms with van der Waals surface area (Å²) >= 11 is 0. The van der Waals surface area contributed by atoms with Crippen molar-refractivity contribution in [1.82, 2.24) is 9.55 Å². The zero-order valence-corrected chi connectivity index (χ0v) is 7.65. The van der Waals surface area contributed by atoms with Gasteiger partial charge in [-0.25, -0.2) is 4.98 Å². The van der Waals surface area contributed by atoms with Gasteiger partial charge in [0.25, 0.3) is 0 Å². The minimum absolute atomic E-state index is 0.335. The molecule has 1 aromatic heterocycles. The van der Waals surface area contributed by atoms with E-state index in [2.05, 4.69) is 31.8 Å². The van der Waals surface area contributed by atoms with Crippen molar-refractivity contribution in [3.8, 4) is 6.07 Å². The summed E-state index contributed by atoms with van der Waals surface area (Å²) in [5.74, 6) is 1.02. The average molecular weight is 163 g/mol. The Morgan fingerprint density at radius 2 is 2.17 bits per heavy atom. The van der Waals surface area contributed by atoms with Gasteiger partial charge in [0, 0.05) is 18.4 Å². The summed E-state index contributed by atoms with van der Waals surface area (Å²) in [5, 5.41) is 8.70. The molecule has 0 N–H and O–H groups in total. The Morgan fingerprint density at radius 1 is 1.50 bits per heavy atom.